The second kappa shape index (κ2) is 22.4. The predicted octanol–water partition coefficient (Wildman–Crippen LogP) is 9.80. The number of halogens is 10. The van der Waals surface area contributed by atoms with Crippen LogP contribution in [0.1, 0.15) is 136 Å². The van der Waals surface area contributed by atoms with Crippen LogP contribution in [0.4, 0.5) is 71.7 Å². The number of rotatable bonds is 11. The fourth-order valence-corrected chi connectivity index (χ4v) is 11.5. The van der Waals surface area contributed by atoms with E-state index in [2.05, 4.69) is 48.9 Å². The molecule has 0 atom stereocenters. The maximum atomic E-state index is 15.3. The molecule has 83 heavy (non-hydrogen) atoms. The highest BCUT2D eigenvalue weighted by molar-refractivity contribution is 7.89. The minimum absolute atomic E-state index is 0.0192. The number of carbonyl (C=O) groups is 3. The number of hydroxylamine groups is 1. The molecule has 4 aromatic rings. The van der Waals surface area contributed by atoms with Gasteiger partial charge in [0.05, 0.1) is 33.5 Å². The van der Waals surface area contributed by atoms with E-state index in [1.54, 1.807) is 20.8 Å². The Bertz CT molecular complexity index is 3580. The van der Waals surface area contributed by atoms with Crippen molar-refractivity contribution >= 4 is 61.0 Å². The molecule has 0 unspecified atom stereocenters. The number of anilines is 4. The first kappa shape index (κ1) is 61.8. The van der Waals surface area contributed by atoms with Crippen LogP contribution in [0.2, 0.25) is 0 Å². The van der Waals surface area contributed by atoms with Gasteiger partial charge in [-0.25, -0.2) is 55.8 Å². The summed E-state index contributed by atoms with van der Waals surface area (Å²) in [5.41, 5.74) is -10.1. The molecule has 446 valence electrons. The maximum absolute atomic E-state index is 15.3. The Hall–Kier alpha value is -7.31. The van der Waals surface area contributed by atoms with Gasteiger partial charge in [0.25, 0.3) is 43.7 Å². The van der Waals surface area contributed by atoms with Crippen LogP contribution in [0.3, 0.4) is 0 Å². The number of nitrogens with two attached hydrogens (primary N) is 1. The molecule has 8 rings (SSSR count). The Kier molecular flexibility index (Phi) is 16.6. The van der Waals surface area contributed by atoms with Crippen LogP contribution >= 0.6 is 0 Å². The number of nitrogens with zero attached hydrogens (tertiary/aromatic N) is 8. The van der Waals surface area contributed by atoms with E-state index < -0.39 is 192 Å². The van der Waals surface area contributed by atoms with Gasteiger partial charge >= 0.3 is 18.4 Å². The van der Waals surface area contributed by atoms with Gasteiger partial charge in [0, 0.05) is 93.9 Å². The van der Waals surface area contributed by atoms with Crippen LogP contribution < -0.4 is 25.3 Å². The number of carbonyl (C=O) groups excluding carboxylic acids is 3. The van der Waals surface area contributed by atoms with E-state index in [-0.39, 0.29) is 27.6 Å². The number of nitrogens with one attached hydrogen (secondary N) is 1. The zero-order valence-corrected chi connectivity index (χ0v) is 46.6. The van der Waals surface area contributed by atoms with E-state index in [0.29, 0.717) is 37.8 Å². The van der Waals surface area contributed by atoms with Crippen molar-refractivity contribution in [3.63, 3.8) is 0 Å². The Morgan fingerprint density at radius 1 is 0.699 bits per heavy atom. The molecule has 3 amide bonds. The third-order valence-electron chi connectivity index (χ3n) is 13.4. The third kappa shape index (κ3) is 14.9. The second-order valence-electron chi connectivity index (χ2n) is 22.3. The Balaban J connectivity index is 1.23. The van der Waals surface area contributed by atoms with E-state index >= 15 is 18.0 Å². The highest BCUT2D eigenvalue weighted by Gasteiger charge is 2.48. The zero-order valence-electron chi connectivity index (χ0n) is 45.0. The van der Waals surface area contributed by atoms with Crippen LogP contribution in [0.15, 0.2) is 58.8 Å². The number of pyridine rings is 4. The summed E-state index contributed by atoms with van der Waals surface area (Å²) >= 11 is 0. The fraction of sp³-hybridized carbons (Fsp3) is 0.491. The van der Waals surface area contributed by atoms with Gasteiger partial charge in [0.15, 0.2) is 21.4 Å². The summed E-state index contributed by atoms with van der Waals surface area (Å²) in [6.07, 6.45) is -12.0. The lowest BCUT2D eigenvalue weighted by atomic mass is 9.82. The molecule has 2 saturated carbocycles. The first-order valence-corrected chi connectivity index (χ1v) is 28.7. The molecular weight excluding hydrogens is 1160 g/mol. The smallest absolute Gasteiger partial charge is 0.355 e. The Labute approximate surface area is 470 Å². The summed E-state index contributed by atoms with van der Waals surface area (Å²) in [6.45, 7) is 5.13. The van der Waals surface area contributed by atoms with Crippen molar-refractivity contribution in [2.24, 2.45) is 22.4 Å². The van der Waals surface area contributed by atoms with Gasteiger partial charge in [-0.3, -0.25) is 9.59 Å². The van der Waals surface area contributed by atoms with Gasteiger partial charge in [-0.05, 0) is 75.6 Å². The van der Waals surface area contributed by atoms with Crippen LogP contribution in [0.25, 0.3) is 0 Å². The largest absolute Gasteiger partial charge is 0.449 e. The maximum Gasteiger partial charge on any atom is 0.449 e. The molecule has 3 N–H and O–H groups in total. The first-order chi connectivity index (χ1) is 38.3. The standard InChI is InChI=1S/C53H54F10N10O8S2/c1-48(2,3)30-49(4,5)73(83(79,80)40-28-35(14-20-66-40)67-45(74)37-26-33(12-10-31-6-7-31)41(52(58,59)60)68-43(37)70-22-16-50(54,55)17-23-70)47(76)81-72(36-15-21-65-39(29-36)82(64,77)78)46(75)38-27-34(13-11-32-8-9-32)42(53(61,62)63)69-44(38)71-24-18-51(56,57)19-25-71/h14-15,20-21,26-29,31-32H,6-9,16-19,22-25,30H2,1-5H3,(H2,64,77,78)(H,66,67,74). The molecule has 0 bridgehead atoms. The highest BCUT2D eigenvalue weighted by atomic mass is 32.2. The van der Waals surface area contributed by atoms with E-state index in [4.69, 9.17) is 9.98 Å². The normalized spacial score (nSPS) is 17.5. The van der Waals surface area contributed by atoms with Crippen molar-refractivity contribution in [1.82, 2.24) is 24.2 Å². The van der Waals surface area contributed by atoms with Crippen molar-refractivity contribution in [1.29, 1.82) is 0 Å². The molecule has 2 aliphatic heterocycles. The minimum atomic E-state index is -5.49. The monoisotopic (exact) mass is 1210 g/mol. The molecule has 4 aliphatic rings. The van der Waals surface area contributed by atoms with Gasteiger partial charge in [0.1, 0.15) is 11.6 Å². The van der Waals surface area contributed by atoms with Gasteiger partial charge in [-0.2, -0.15) is 39.1 Å². The second-order valence-corrected chi connectivity index (χ2v) is 25.5. The van der Waals surface area contributed by atoms with E-state index in [1.807, 2.05) is 0 Å². The molecule has 2 saturated heterocycles. The molecule has 4 aromatic heterocycles. The van der Waals surface area contributed by atoms with Gasteiger partial charge in [-0.1, -0.05) is 44.5 Å². The summed E-state index contributed by atoms with van der Waals surface area (Å²) in [6, 6.07) is 4.70. The number of alkyl halides is 10. The van der Waals surface area contributed by atoms with Crippen molar-refractivity contribution < 1.29 is 80.0 Å². The van der Waals surface area contributed by atoms with Crippen LogP contribution in [0, 0.1) is 40.9 Å². The number of piperidine rings is 2. The summed E-state index contributed by atoms with van der Waals surface area (Å²) < 4.78 is 202. The van der Waals surface area contributed by atoms with Gasteiger partial charge < -0.3 is 20.0 Å². The molecule has 30 heteroatoms. The molecule has 4 fully saturated rings. The van der Waals surface area contributed by atoms with E-state index in [9.17, 15) is 57.1 Å². The molecule has 2 aliphatic carbocycles. The van der Waals surface area contributed by atoms with Crippen LogP contribution in [-0.2, 0) is 37.2 Å². The summed E-state index contributed by atoms with van der Waals surface area (Å²) in [5, 5.41) is 5.77. The average molecular weight is 1210 g/mol. The van der Waals surface area contributed by atoms with Crippen LogP contribution in [-0.4, -0.2) is 103 Å². The predicted molar refractivity (Wildman–Crippen MR) is 279 cm³/mol. The summed E-state index contributed by atoms with van der Waals surface area (Å²) in [7, 11) is -10.3. The lowest BCUT2D eigenvalue weighted by Gasteiger charge is -2.40. The van der Waals surface area contributed by atoms with Crippen molar-refractivity contribution in [3.05, 3.63) is 82.4 Å². The fourth-order valence-electron chi connectivity index (χ4n) is 9.42. The SMILES string of the molecule is CC(C)(C)CC(C)(C)N(C(=O)ON(C(=O)c1cc(C#CC2CC2)c(C(F)(F)F)nc1N1CCC(F)(F)CC1)c1ccnc(S(N)(=O)=O)c1)S(=O)(=O)c1cc(NC(=O)c2cc(C#CC3CC3)c(C(F)(F)F)nc2N2CCC(F)(F)CC2)ccn1. The number of hydrogen-bond acceptors (Lipinski definition) is 14. The Morgan fingerprint density at radius 2 is 1.16 bits per heavy atom. The summed E-state index contributed by atoms with van der Waals surface area (Å²) in [4.78, 5) is 67.6. The van der Waals surface area contributed by atoms with Gasteiger partial charge in [0.2, 0.25) is 0 Å². The van der Waals surface area contributed by atoms with Gasteiger partial charge in [-0.15, -0.1) is 5.06 Å². The van der Waals surface area contributed by atoms with E-state index in [1.165, 1.54) is 13.8 Å². The summed E-state index contributed by atoms with van der Waals surface area (Å²) in [5.74, 6) is -1.19. The van der Waals surface area contributed by atoms with Crippen molar-refractivity contribution in [2.45, 2.75) is 132 Å². The lowest BCUT2D eigenvalue weighted by Crippen LogP contribution is -2.54. The number of primary sulfonamides is 1. The molecule has 0 aromatic carbocycles. The van der Waals surface area contributed by atoms with Crippen molar-refractivity contribution in [3.8, 4) is 23.7 Å². The number of hydrogen-bond donors (Lipinski definition) is 2. The molecule has 0 spiro atoms. The topological polar surface area (TPSA) is 231 Å². The first-order valence-electron chi connectivity index (χ1n) is 25.7. The quantitative estimate of drug-likeness (QED) is 0.0809. The molecule has 0 radical (unpaired) electrons. The van der Waals surface area contributed by atoms with Crippen molar-refractivity contribution in [2.75, 3.05) is 46.4 Å². The minimum Gasteiger partial charge on any atom is -0.355 e. The number of amides is 3. The molecule has 6 heterocycles. The lowest BCUT2D eigenvalue weighted by molar-refractivity contribution is -0.142. The highest BCUT2D eigenvalue weighted by Crippen LogP contribution is 2.42. The third-order valence-corrected chi connectivity index (χ3v) is 16.0. The average Bonchev–Trinajstić information content (AvgIpc) is 3.88. The molecule has 18 nitrogen and oxygen atoms in total. The van der Waals surface area contributed by atoms with Crippen LogP contribution in [0.5, 0.6) is 0 Å². The molecular formula is C53H54F10N10O8S2. The Morgan fingerprint density at radius 3 is 1.61 bits per heavy atom. The zero-order chi connectivity index (χ0) is 61.0. The van der Waals surface area contributed by atoms with E-state index in [0.717, 1.165) is 46.5 Å². The number of aromatic nitrogens is 4. The number of sulfonamides is 2.